The Morgan fingerprint density at radius 3 is 2.35 bits per heavy atom. The second kappa shape index (κ2) is 6.47. The number of nitrogens with one attached hydrogen (secondary N) is 1. The molecule has 1 fully saturated rings. The van der Waals surface area contributed by atoms with E-state index in [0.717, 1.165) is 30.4 Å². The van der Waals surface area contributed by atoms with Crippen LogP contribution in [0.1, 0.15) is 6.92 Å². The minimum atomic E-state index is -3.48. The fourth-order valence-corrected chi connectivity index (χ4v) is 4.82. The van der Waals surface area contributed by atoms with Crippen LogP contribution in [0.15, 0.2) is 41.3 Å². The summed E-state index contributed by atoms with van der Waals surface area (Å²) in [5.74, 6) is 0.694. The Morgan fingerprint density at radius 1 is 1.09 bits per heavy atom. The van der Waals surface area contributed by atoms with Crippen LogP contribution in [0.2, 0.25) is 0 Å². The van der Waals surface area contributed by atoms with Crippen LogP contribution in [-0.2, 0) is 10.0 Å². The molecule has 0 amide bonds. The quantitative estimate of drug-likeness (QED) is 0.897. The molecule has 0 aromatic heterocycles. The van der Waals surface area contributed by atoms with Crippen LogP contribution in [0.5, 0.6) is 5.75 Å². The Hall–Kier alpha value is -1.63. The molecule has 2 aromatic rings. The minimum absolute atomic E-state index is 0.369. The highest BCUT2D eigenvalue weighted by Gasteiger charge is 2.31. The zero-order valence-electron chi connectivity index (χ0n) is 13.6. The van der Waals surface area contributed by atoms with E-state index in [2.05, 4.69) is 6.92 Å². The molecule has 0 aliphatic carbocycles. The fraction of sp³-hybridized carbons (Fsp3) is 0.412. The number of rotatable bonds is 4. The van der Waals surface area contributed by atoms with E-state index < -0.39 is 10.0 Å². The maximum absolute atomic E-state index is 13.1. The van der Waals surface area contributed by atoms with Crippen LogP contribution in [0.25, 0.3) is 10.8 Å². The molecule has 1 aliphatic rings. The number of sulfonamides is 1. The monoisotopic (exact) mass is 335 g/mol. The van der Waals surface area contributed by atoms with Gasteiger partial charge in [0.2, 0.25) is 10.0 Å². The highest BCUT2D eigenvalue weighted by molar-refractivity contribution is 7.89. The van der Waals surface area contributed by atoms with Crippen molar-refractivity contribution in [1.82, 2.24) is 4.31 Å². The van der Waals surface area contributed by atoms with E-state index in [9.17, 15) is 8.42 Å². The van der Waals surface area contributed by atoms with E-state index in [4.69, 9.17) is 4.74 Å². The number of fused-ring (bicyclic) bond motifs is 1. The van der Waals surface area contributed by atoms with E-state index in [1.54, 1.807) is 23.5 Å². The Morgan fingerprint density at radius 2 is 1.74 bits per heavy atom. The number of piperazine rings is 1. The molecule has 0 atom stereocenters. The van der Waals surface area contributed by atoms with E-state index in [1.807, 2.05) is 24.3 Å². The maximum Gasteiger partial charge on any atom is 0.244 e. The van der Waals surface area contributed by atoms with Crippen molar-refractivity contribution in [3.8, 4) is 5.75 Å². The van der Waals surface area contributed by atoms with E-state index in [-0.39, 0.29) is 0 Å². The first kappa shape index (κ1) is 16.2. The summed E-state index contributed by atoms with van der Waals surface area (Å²) < 4.78 is 33.1. The Kier molecular flexibility index (Phi) is 4.57. The number of nitrogens with zero attached hydrogens (tertiary/aromatic N) is 1. The molecule has 124 valence electrons. The summed E-state index contributed by atoms with van der Waals surface area (Å²) in [6.45, 7) is 6.06. The van der Waals surface area contributed by atoms with Gasteiger partial charge in [-0.05, 0) is 19.1 Å². The van der Waals surface area contributed by atoms with Gasteiger partial charge in [-0.2, -0.15) is 4.31 Å². The first-order chi connectivity index (χ1) is 11.1. The lowest BCUT2D eigenvalue weighted by Gasteiger charge is -2.31. The summed E-state index contributed by atoms with van der Waals surface area (Å²) >= 11 is 0. The predicted octanol–water partition coefficient (Wildman–Crippen LogP) is 0.758. The normalized spacial score (nSPS) is 17.5. The highest BCUT2D eigenvalue weighted by Crippen LogP contribution is 2.32. The average Bonchev–Trinajstić information content (AvgIpc) is 2.60. The third-order valence-corrected chi connectivity index (χ3v) is 6.57. The Labute approximate surface area is 137 Å². The molecule has 1 N–H and O–H groups in total. The summed E-state index contributed by atoms with van der Waals surface area (Å²) in [5.41, 5.74) is 0. The lowest BCUT2D eigenvalue weighted by atomic mass is 10.1. The number of quaternary nitrogens is 1. The van der Waals surface area contributed by atoms with Crippen molar-refractivity contribution in [3.05, 3.63) is 36.4 Å². The highest BCUT2D eigenvalue weighted by atomic mass is 32.2. The van der Waals surface area contributed by atoms with Gasteiger partial charge in [0.15, 0.2) is 0 Å². The number of likely N-dealkylation sites (N-methyl/N-ethyl adjacent to an activating group) is 1. The number of methoxy groups -OCH3 is 1. The topological polar surface area (TPSA) is 51.0 Å². The SMILES string of the molecule is CC[NH+]1CCN(S(=O)(=O)c2ccc(OC)c3ccccc23)CC1. The number of benzene rings is 2. The molecule has 23 heavy (non-hydrogen) atoms. The first-order valence-corrected chi connectivity index (χ1v) is 9.41. The van der Waals surface area contributed by atoms with Crippen molar-refractivity contribution >= 4 is 20.8 Å². The van der Waals surface area contributed by atoms with E-state index in [1.165, 1.54) is 4.90 Å². The molecule has 6 heteroatoms. The molecule has 5 nitrogen and oxygen atoms in total. The molecule has 1 heterocycles. The lowest BCUT2D eigenvalue weighted by Crippen LogP contribution is -3.14. The Bertz CT molecular complexity index is 797. The molecule has 0 bridgehead atoms. The van der Waals surface area contributed by atoms with Gasteiger partial charge in [-0.25, -0.2) is 8.42 Å². The van der Waals surface area contributed by atoms with Crippen LogP contribution in [-0.4, -0.2) is 52.6 Å². The number of hydrogen-bond donors (Lipinski definition) is 1. The van der Waals surface area contributed by atoms with Gasteiger partial charge in [-0.15, -0.1) is 0 Å². The van der Waals surface area contributed by atoms with Crippen LogP contribution >= 0.6 is 0 Å². The summed E-state index contributed by atoms with van der Waals surface area (Å²) in [4.78, 5) is 1.82. The largest absolute Gasteiger partial charge is 0.496 e. The van der Waals surface area contributed by atoms with Gasteiger partial charge in [0.25, 0.3) is 0 Å². The predicted molar refractivity (Wildman–Crippen MR) is 90.5 cm³/mol. The third kappa shape index (κ3) is 2.94. The van der Waals surface area contributed by atoms with Crippen molar-refractivity contribution < 1.29 is 18.1 Å². The fourth-order valence-electron chi connectivity index (χ4n) is 3.18. The molecule has 1 aliphatic heterocycles. The molecule has 0 radical (unpaired) electrons. The summed E-state index contributed by atoms with van der Waals surface area (Å²) in [7, 11) is -1.88. The first-order valence-electron chi connectivity index (χ1n) is 7.97. The minimum Gasteiger partial charge on any atom is -0.496 e. The van der Waals surface area contributed by atoms with Crippen molar-refractivity contribution in [1.29, 1.82) is 0 Å². The molecular weight excluding hydrogens is 312 g/mol. The second-order valence-corrected chi connectivity index (χ2v) is 7.73. The lowest BCUT2D eigenvalue weighted by molar-refractivity contribution is -0.901. The molecule has 0 unspecified atom stereocenters. The molecular formula is C17H23N2O3S+. The summed E-state index contributed by atoms with van der Waals surface area (Å²) in [6, 6.07) is 10.9. The maximum atomic E-state index is 13.1. The third-order valence-electron chi connectivity index (χ3n) is 4.61. The number of ether oxygens (including phenoxy) is 1. The van der Waals surface area contributed by atoms with Gasteiger partial charge in [0.1, 0.15) is 5.75 Å². The molecule has 1 saturated heterocycles. The zero-order chi connectivity index (χ0) is 16.4. The van der Waals surface area contributed by atoms with E-state index in [0.29, 0.717) is 23.7 Å². The van der Waals surface area contributed by atoms with Crippen LogP contribution < -0.4 is 9.64 Å². The summed E-state index contributed by atoms with van der Waals surface area (Å²) in [5, 5.41) is 1.55. The van der Waals surface area contributed by atoms with Crippen LogP contribution in [0, 0.1) is 0 Å². The Balaban J connectivity index is 2.03. The molecule has 3 rings (SSSR count). The molecule has 0 saturated carbocycles. The standard InChI is InChI=1S/C17H22N2O3S/c1-3-18-10-12-19(13-11-18)23(20,21)17-9-8-16(22-2)14-6-4-5-7-15(14)17/h4-9H,3,10-13H2,1-2H3/p+1. The van der Waals surface area contributed by atoms with Gasteiger partial charge < -0.3 is 9.64 Å². The smallest absolute Gasteiger partial charge is 0.244 e. The molecule has 2 aromatic carbocycles. The van der Waals surface area contributed by atoms with Gasteiger partial charge in [-0.1, -0.05) is 24.3 Å². The van der Waals surface area contributed by atoms with Crippen molar-refractivity contribution in [2.45, 2.75) is 11.8 Å². The van der Waals surface area contributed by atoms with Crippen molar-refractivity contribution in [2.24, 2.45) is 0 Å². The van der Waals surface area contributed by atoms with Crippen LogP contribution in [0.4, 0.5) is 0 Å². The van der Waals surface area contributed by atoms with Gasteiger partial charge in [0, 0.05) is 10.8 Å². The molecule has 0 spiro atoms. The summed E-state index contributed by atoms with van der Waals surface area (Å²) in [6.07, 6.45) is 0. The average molecular weight is 335 g/mol. The number of hydrogen-bond acceptors (Lipinski definition) is 3. The van der Waals surface area contributed by atoms with Crippen molar-refractivity contribution in [2.75, 3.05) is 39.8 Å². The van der Waals surface area contributed by atoms with Gasteiger partial charge in [0.05, 0.1) is 44.7 Å². The van der Waals surface area contributed by atoms with Crippen LogP contribution in [0.3, 0.4) is 0 Å². The van der Waals surface area contributed by atoms with Gasteiger partial charge >= 0.3 is 0 Å². The van der Waals surface area contributed by atoms with E-state index >= 15 is 0 Å². The zero-order valence-corrected chi connectivity index (χ0v) is 14.4. The van der Waals surface area contributed by atoms with Gasteiger partial charge in [-0.3, -0.25) is 0 Å². The second-order valence-electron chi connectivity index (χ2n) is 5.82. The van der Waals surface area contributed by atoms with Crippen molar-refractivity contribution in [3.63, 3.8) is 0 Å².